The maximum Gasteiger partial charge on any atom is 0.265 e. The van der Waals surface area contributed by atoms with Crippen LogP contribution in [0.2, 0.25) is 0 Å². The van der Waals surface area contributed by atoms with E-state index in [0.717, 1.165) is 0 Å². The van der Waals surface area contributed by atoms with Crippen molar-refractivity contribution in [3.05, 3.63) is 35.4 Å². The number of nitrogens with one attached hydrogen (secondary N) is 1. The standard InChI is InChI=1S/C8H7N2O2/c9-10-8(12)7-4-2-1-3-6(7)5-11/h1-4H,9H2,(H,10,12). The van der Waals surface area contributed by atoms with Crippen LogP contribution < -0.4 is 11.3 Å². The Bertz CT molecular complexity index is 310. The van der Waals surface area contributed by atoms with Crippen molar-refractivity contribution in [1.29, 1.82) is 0 Å². The van der Waals surface area contributed by atoms with Gasteiger partial charge >= 0.3 is 0 Å². The third kappa shape index (κ3) is 1.49. The molecule has 61 valence electrons. The predicted molar refractivity (Wildman–Crippen MR) is 42.9 cm³/mol. The molecule has 12 heavy (non-hydrogen) atoms. The van der Waals surface area contributed by atoms with Crippen LogP contribution >= 0.6 is 0 Å². The van der Waals surface area contributed by atoms with E-state index in [2.05, 4.69) is 0 Å². The Morgan fingerprint density at radius 1 is 1.42 bits per heavy atom. The van der Waals surface area contributed by atoms with E-state index in [-0.39, 0.29) is 11.1 Å². The average molecular weight is 163 g/mol. The van der Waals surface area contributed by atoms with E-state index < -0.39 is 5.91 Å². The van der Waals surface area contributed by atoms with Crippen LogP contribution in [0.3, 0.4) is 0 Å². The normalized spacial score (nSPS) is 9.08. The third-order valence-electron chi connectivity index (χ3n) is 1.41. The number of hydrogen-bond donors (Lipinski definition) is 2. The first kappa shape index (κ1) is 8.42. The van der Waals surface area contributed by atoms with Gasteiger partial charge in [0.25, 0.3) is 5.91 Å². The fourth-order valence-corrected chi connectivity index (χ4v) is 0.848. The summed E-state index contributed by atoms with van der Waals surface area (Å²) in [6.45, 7) is 0. The SMILES string of the molecule is NNC(=O)c1ccccc1[C]=O. The molecule has 4 heteroatoms. The largest absolute Gasteiger partial charge is 0.290 e. The molecular formula is C8H7N2O2. The van der Waals surface area contributed by atoms with E-state index in [4.69, 9.17) is 5.84 Å². The summed E-state index contributed by atoms with van der Waals surface area (Å²) < 4.78 is 0. The number of benzene rings is 1. The van der Waals surface area contributed by atoms with Crippen molar-refractivity contribution >= 4 is 12.2 Å². The fourth-order valence-electron chi connectivity index (χ4n) is 0.848. The highest BCUT2D eigenvalue weighted by atomic mass is 16.2. The van der Waals surface area contributed by atoms with E-state index in [9.17, 15) is 9.59 Å². The number of nitrogens with two attached hydrogens (primary N) is 1. The Labute approximate surface area is 69.3 Å². The van der Waals surface area contributed by atoms with Crippen LogP contribution in [0, 0.1) is 0 Å². The molecule has 0 atom stereocenters. The molecule has 1 rings (SSSR count). The molecule has 1 radical (unpaired) electrons. The lowest BCUT2D eigenvalue weighted by Crippen LogP contribution is -2.30. The molecule has 0 bridgehead atoms. The second-order valence-electron chi connectivity index (χ2n) is 2.12. The Morgan fingerprint density at radius 2 is 2.08 bits per heavy atom. The maximum absolute atomic E-state index is 11.0. The number of hydrazine groups is 1. The zero-order valence-corrected chi connectivity index (χ0v) is 6.20. The monoisotopic (exact) mass is 163 g/mol. The molecule has 0 fully saturated rings. The quantitative estimate of drug-likeness (QED) is 0.358. The molecule has 0 spiro atoms. The molecule has 0 saturated carbocycles. The molecule has 1 aromatic rings. The van der Waals surface area contributed by atoms with Crippen LogP contribution in [-0.2, 0) is 4.79 Å². The van der Waals surface area contributed by atoms with Gasteiger partial charge in [-0.3, -0.25) is 15.0 Å². The number of carbonyl (C=O) groups excluding carboxylic acids is 2. The van der Waals surface area contributed by atoms with Gasteiger partial charge in [0.1, 0.15) is 0 Å². The highest BCUT2D eigenvalue weighted by molar-refractivity contribution is 6.01. The molecule has 4 nitrogen and oxygen atoms in total. The third-order valence-corrected chi connectivity index (χ3v) is 1.41. The molecule has 0 aliphatic heterocycles. The van der Waals surface area contributed by atoms with E-state index >= 15 is 0 Å². The Balaban J connectivity index is 3.13. The van der Waals surface area contributed by atoms with Gasteiger partial charge < -0.3 is 0 Å². The highest BCUT2D eigenvalue weighted by Gasteiger charge is 2.07. The molecule has 0 heterocycles. The molecule has 0 aliphatic rings. The van der Waals surface area contributed by atoms with Crippen molar-refractivity contribution < 1.29 is 9.59 Å². The summed E-state index contributed by atoms with van der Waals surface area (Å²) in [5.74, 6) is 4.41. The van der Waals surface area contributed by atoms with Crippen LogP contribution in [0.1, 0.15) is 15.9 Å². The number of carbonyl (C=O) groups is 1. The molecular weight excluding hydrogens is 156 g/mol. The minimum absolute atomic E-state index is 0.209. The van der Waals surface area contributed by atoms with E-state index in [0.29, 0.717) is 0 Å². The highest BCUT2D eigenvalue weighted by Crippen LogP contribution is 2.04. The first-order valence-corrected chi connectivity index (χ1v) is 3.27. The Kier molecular flexibility index (Phi) is 2.55. The summed E-state index contributed by atoms with van der Waals surface area (Å²) in [5.41, 5.74) is 2.38. The first-order chi connectivity index (χ1) is 5.79. The van der Waals surface area contributed by atoms with Crippen molar-refractivity contribution in [1.82, 2.24) is 5.43 Å². The summed E-state index contributed by atoms with van der Waals surface area (Å²) in [6.07, 6.45) is 1.64. The lowest BCUT2D eigenvalue weighted by Gasteiger charge is -2.00. The number of amides is 1. The number of rotatable bonds is 2. The average Bonchev–Trinajstić information content (AvgIpc) is 2.16. The predicted octanol–water partition coefficient (Wildman–Crippen LogP) is -0.252. The van der Waals surface area contributed by atoms with Crippen LogP contribution in [0.4, 0.5) is 0 Å². The van der Waals surface area contributed by atoms with Crippen molar-refractivity contribution in [2.24, 2.45) is 5.84 Å². The smallest absolute Gasteiger partial charge is 0.265 e. The first-order valence-electron chi connectivity index (χ1n) is 3.27. The minimum Gasteiger partial charge on any atom is -0.290 e. The summed E-state index contributed by atoms with van der Waals surface area (Å²) in [4.78, 5) is 21.3. The van der Waals surface area contributed by atoms with Crippen molar-refractivity contribution in [2.75, 3.05) is 0 Å². The van der Waals surface area contributed by atoms with Gasteiger partial charge in [-0.2, -0.15) is 0 Å². The molecule has 0 aromatic heterocycles. The van der Waals surface area contributed by atoms with E-state index in [1.807, 2.05) is 5.43 Å². The number of nitrogen functional groups attached to an aromatic ring is 1. The molecule has 0 saturated heterocycles. The van der Waals surface area contributed by atoms with Crippen LogP contribution in [0.25, 0.3) is 0 Å². The minimum atomic E-state index is -0.492. The molecule has 1 aromatic carbocycles. The van der Waals surface area contributed by atoms with Crippen molar-refractivity contribution in [3.63, 3.8) is 0 Å². The van der Waals surface area contributed by atoms with Gasteiger partial charge in [0.2, 0.25) is 6.29 Å². The summed E-state index contributed by atoms with van der Waals surface area (Å²) >= 11 is 0. The van der Waals surface area contributed by atoms with E-state index in [1.165, 1.54) is 12.1 Å². The fraction of sp³-hybridized carbons (Fsp3) is 0. The van der Waals surface area contributed by atoms with Crippen molar-refractivity contribution in [3.8, 4) is 0 Å². The second-order valence-corrected chi connectivity index (χ2v) is 2.12. The van der Waals surface area contributed by atoms with Crippen LogP contribution in [-0.4, -0.2) is 12.2 Å². The van der Waals surface area contributed by atoms with Gasteiger partial charge in [0.15, 0.2) is 0 Å². The Hall–Kier alpha value is -1.68. The second kappa shape index (κ2) is 3.64. The van der Waals surface area contributed by atoms with Gasteiger partial charge in [-0.25, -0.2) is 5.84 Å². The van der Waals surface area contributed by atoms with Gasteiger partial charge in [-0.1, -0.05) is 18.2 Å². The molecule has 1 amide bonds. The summed E-state index contributed by atoms with van der Waals surface area (Å²) in [6, 6.07) is 6.29. The van der Waals surface area contributed by atoms with Gasteiger partial charge in [0.05, 0.1) is 5.56 Å². The number of hydrogen-bond acceptors (Lipinski definition) is 3. The summed E-state index contributed by atoms with van der Waals surface area (Å²) in [5, 5.41) is 0. The topological polar surface area (TPSA) is 72.2 Å². The van der Waals surface area contributed by atoms with Gasteiger partial charge in [0, 0.05) is 5.56 Å². The lowest BCUT2D eigenvalue weighted by atomic mass is 10.1. The maximum atomic E-state index is 11.0. The zero-order chi connectivity index (χ0) is 8.97. The van der Waals surface area contributed by atoms with Gasteiger partial charge in [-0.15, -0.1) is 0 Å². The molecule has 3 N–H and O–H groups in total. The molecule has 0 unspecified atom stereocenters. The van der Waals surface area contributed by atoms with Crippen molar-refractivity contribution in [2.45, 2.75) is 0 Å². The van der Waals surface area contributed by atoms with E-state index in [1.54, 1.807) is 18.4 Å². The van der Waals surface area contributed by atoms with Crippen LogP contribution in [0.5, 0.6) is 0 Å². The van der Waals surface area contributed by atoms with Crippen LogP contribution in [0.15, 0.2) is 24.3 Å². The molecule has 0 aliphatic carbocycles. The zero-order valence-electron chi connectivity index (χ0n) is 6.20. The van der Waals surface area contributed by atoms with Gasteiger partial charge in [-0.05, 0) is 6.07 Å². The Morgan fingerprint density at radius 3 is 2.67 bits per heavy atom. The lowest BCUT2D eigenvalue weighted by molar-refractivity contribution is 0.0953. The summed E-state index contributed by atoms with van der Waals surface area (Å²) in [7, 11) is 0.